The van der Waals surface area contributed by atoms with E-state index in [2.05, 4.69) is 5.32 Å². The van der Waals surface area contributed by atoms with Gasteiger partial charge in [-0.3, -0.25) is 4.79 Å². The molecule has 0 aliphatic carbocycles. The van der Waals surface area contributed by atoms with E-state index >= 15 is 0 Å². The molecule has 0 saturated heterocycles. The summed E-state index contributed by atoms with van der Waals surface area (Å²) < 4.78 is 11.2. The van der Waals surface area contributed by atoms with E-state index in [0.29, 0.717) is 41.1 Å². The third-order valence-electron chi connectivity index (χ3n) is 3.58. The van der Waals surface area contributed by atoms with Gasteiger partial charge in [0.2, 0.25) is 5.91 Å². The van der Waals surface area contributed by atoms with E-state index in [-0.39, 0.29) is 12.3 Å². The molecule has 0 heterocycles. The predicted octanol–water partition coefficient (Wildman–Crippen LogP) is 4.15. The minimum Gasteiger partial charge on any atom is -0.493 e. The van der Waals surface area contributed by atoms with Crippen molar-refractivity contribution in [2.24, 2.45) is 0 Å². The molecule has 2 rings (SSSR count). The van der Waals surface area contributed by atoms with Crippen LogP contribution in [0.25, 0.3) is 0 Å². The Bertz CT molecular complexity index is 819. The number of carbonyl (C=O) groups excluding carboxylic acids is 1. The second-order valence-electron chi connectivity index (χ2n) is 5.46. The van der Waals surface area contributed by atoms with Crippen LogP contribution in [0.15, 0.2) is 36.4 Å². The number of hydrogen-bond acceptors (Lipinski definition) is 4. The minimum absolute atomic E-state index is 0.138. The highest BCUT2D eigenvalue weighted by Gasteiger charge is 2.08. The molecule has 0 aliphatic heterocycles. The van der Waals surface area contributed by atoms with Crippen LogP contribution in [0.5, 0.6) is 11.5 Å². The van der Waals surface area contributed by atoms with Crippen LogP contribution in [0, 0.1) is 11.3 Å². The molecule has 0 aromatic heterocycles. The molecule has 0 saturated carbocycles. The largest absolute Gasteiger partial charge is 0.493 e. The van der Waals surface area contributed by atoms with Gasteiger partial charge >= 0.3 is 0 Å². The van der Waals surface area contributed by atoms with Crippen molar-refractivity contribution >= 4 is 29.1 Å². The van der Waals surface area contributed by atoms with Crippen molar-refractivity contribution in [2.45, 2.75) is 19.4 Å². The molecule has 7 heteroatoms. The minimum atomic E-state index is -0.280. The molecule has 0 unspecified atom stereocenters. The van der Waals surface area contributed by atoms with Crippen molar-refractivity contribution in [3.63, 3.8) is 0 Å². The first-order chi connectivity index (χ1) is 12.5. The first-order valence-corrected chi connectivity index (χ1v) is 8.66. The average molecular weight is 393 g/mol. The third-order valence-corrected chi connectivity index (χ3v) is 4.32. The fourth-order valence-corrected chi connectivity index (χ4v) is 2.58. The van der Waals surface area contributed by atoms with Gasteiger partial charge in [0.05, 0.1) is 23.2 Å². The number of amides is 1. The van der Waals surface area contributed by atoms with Crippen LogP contribution in [-0.4, -0.2) is 19.6 Å². The Kier molecular flexibility index (Phi) is 7.58. The molecule has 0 radical (unpaired) electrons. The average Bonchev–Trinajstić information content (AvgIpc) is 2.63. The Balaban J connectivity index is 2.00. The maximum absolute atomic E-state index is 11.3. The van der Waals surface area contributed by atoms with E-state index in [0.717, 1.165) is 11.1 Å². The molecular weight excluding hydrogens is 375 g/mol. The number of carbonyl (C=O) groups is 1. The summed E-state index contributed by atoms with van der Waals surface area (Å²) in [6.07, 6.45) is 0.477. The van der Waals surface area contributed by atoms with Crippen LogP contribution >= 0.6 is 23.2 Å². The summed E-state index contributed by atoms with van der Waals surface area (Å²) in [5.74, 6) is 0.929. The van der Waals surface area contributed by atoms with Crippen molar-refractivity contribution in [2.75, 3.05) is 13.7 Å². The van der Waals surface area contributed by atoms with E-state index in [1.807, 2.05) is 30.3 Å². The van der Waals surface area contributed by atoms with Gasteiger partial charge in [-0.05, 0) is 41.8 Å². The first kappa shape index (κ1) is 19.9. The molecule has 26 heavy (non-hydrogen) atoms. The van der Waals surface area contributed by atoms with Crippen molar-refractivity contribution < 1.29 is 14.3 Å². The van der Waals surface area contributed by atoms with Crippen molar-refractivity contribution in [3.05, 3.63) is 57.6 Å². The molecule has 1 N–H and O–H groups in total. The maximum atomic E-state index is 11.3. The third kappa shape index (κ3) is 5.83. The highest BCUT2D eigenvalue weighted by atomic mass is 35.5. The Labute approximate surface area is 162 Å². The predicted molar refractivity (Wildman–Crippen MR) is 101 cm³/mol. The van der Waals surface area contributed by atoms with Crippen LogP contribution in [0.1, 0.15) is 17.5 Å². The van der Waals surface area contributed by atoms with Gasteiger partial charge in [-0.25, -0.2) is 0 Å². The number of hydrogen-bond donors (Lipinski definition) is 1. The summed E-state index contributed by atoms with van der Waals surface area (Å²) in [5.41, 5.74) is 1.86. The number of benzene rings is 2. The van der Waals surface area contributed by atoms with E-state index in [1.165, 1.54) is 0 Å². The highest BCUT2D eigenvalue weighted by Crippen LogP contribution is 2.30. The second kappa shape index (κ2) is 9.91. The number of nitrogens with one attached hydrogen (secondary N) is 1. The molecule has 0 atom stereocenters. The number of nitriles is 1. The molecule has 0 spiro atoms. The van der Waals surface area contributed by atoms with Crippen LogP contribution in [0.4, 0.5) is 0 Å². The zero-order valence-corrected chi connectivity index (χ0v) is 15.7. The number of methoxy groups -OCH3 is 1. The Morgan fingerprint density at radius 1 is 1.12 bits per heavy atom. The number of rotatable bonds is 8. The summed E-state index contributed by atoms with van der Waals surface area (Å²) in [6, 6.07) is 12.7. The van der Waals surface area contributed by atoms with E-state index < -0.39 is 0 Å². The lowest BCUT2D eigenvalue weighted by Crippen LogP contribution is -2.24. The molecule has 2 aromatic carbocycles. The Hall–Kier alpha value is -2.42. The lowest BCUT2D eigenvalue weighted by molar-refractivity contribution is -0.120. The van der Waals surface area contributed by atoms with Gasteiger partial charge < -0.3 is 14.8 Å². The van der Waals surface area contributed by atoms with Crippen LogP contribution in [0.3, 0.4) is 0 Å². The molecule has 2 aromatic rings. The van der Waals surface area contributed by atoms with Crippen LogP contribution in [-0.2, 0) is 17.8 Å². The molecule has 0 aliphatic rings. The monoisotopic (exact) mass is 392 g/mol. The summed E-state index contributed by atoms with van der Waals surface area (Å²) in [7, 11) is 1.57. The molecular formula is C19H18Cl2N2O3. The fourth-order valence-electron chi connectivity index (χ4n) is 2.26. The van der Waals surface area contributed by atoms with Crippen LogP contribution < -0.4 is 14.8 Å². The second-order valence-corrected chi connectivity index (χ2v) is 6.27. The quantitative estimate of drug-likeness (QED) is 0.731. The van der Waals surface area contributed by atoms with Crippen molar-refractivity contribution in [1.29, 1.82) is 5.26 Å². The van der Waals surface area contributed by atoms with Gasteiger partial charge in [-0.2, -0.15) is 5.26 Å². The maximum Gasteiger partial charge on any atom is 0.234 e. The number of halogens is 2. The molecule has 5 nitrogen and oxygen atoms in total. The van der Waals surface area contributed by atoms with Gasteiger partial charge in [-0.1, -0.05) is 35.3 Å². The lowest BCUT2D eigenvalue weighted by atomic mass is 10.1. The Morgan fingerprint density at radius 2 is 1.88 bits per heavy atom. The van der Waals surface area contributed by atoms with Gasteiger partial charge in [0, 0.05) is 6.54 Å². The fraction of sp³-hybridized carbons (Fsp3) is 0.263. The Morgan fingerprint density at radius 3 is 2.58 bits per heavy atom. The highest BCUT2D eigenvalue weighted by molar-refractivity contribution is 6.42. The van der Waals surface area contributed by atoms with E-state index in [4.69, 9.17) is 37.9 Å². The van der Waals surface area contributed by atoms with E-state index in [9.17, 15) is 4.79 Å². The first-order valence-electron chi connectivity index (χ1n) is 7.90. The topological polar surface area (TPSA) is 71.3 Å². The lowest BCUT2D eigenvalue weighted by Gasteiger charge is -2.13. The standard InChI is InChI=1S/C19H18Cl2N2O3/c1-25-17-5-3-13(7-9-23-19(24)6-8-22)11-18(17)26-12-14-2-4-15(20)16(21)10-14/h2-5,10-11H,6-7,9,12H2,1H3,(H,23,24). The van der Waals surface area contributed by atoms with Gasteiger partial charge in [0.15, 0.2) is 11.5 Å². The van der Waals surface area contributed by atoms with Crippen LogP contribution in [0.2, 0.25) is 10.0 Å². The smallest absolute Gasteiger partial charge is 0.234 e. The van der Waals surface area contributed by atoms with Gasteiger partial charge in [0.25, 0.3) is 0 Å². The van der Waals surface area contributed by atoms with Gasteiger partial charge in [-0.15, -0.1) is 0 Å². The van der Waals surface area contributed by atoms with Crippen molar-refractivity contribution in [1.82, 2.24) is 5.32 Å². The normalized spacial score (nSPS) is 10.1. The SMILES string of the molecule is COc1ccc(CCNC(=O)CC#N)cc1OCc1ccc(Cl)c(Cl)c1. The zero-order valence-electron chi connectivity index (χ0n) is 14.2. The van der Waals surface area contributed by atoms with Gasteiger partial charge in [0.1, 0.15) is 13.0 Å². The summed E-state index contributed by atoms with van der Waals surface area (Å²) in [6.45, 7) is 0.759. The summed E-state index contributed by atoms with van der Waals surface area (Å²) in [4.78, 5) is 11.3. The van der Waals surface area contributed by atoms with E-state index in [1.54, 1.807) is 19.2 Å². The summed E-state index contributed by atoms with van der Waals surface area (Å²) in [5, 5.41) is 12.1. The molecule has 136 valence electrons. The zero-order chi connectivity index (χ0) is 18.9. The van der Waals surface area contributed by atoms with Crippen molar-refractivity contribution in [3.8, 4) is 17.6 Å². The molecule has 0 fully saturated rings. The summed E-state index contributed by atoms with van der Waals surface area (Å²) >= 11 is 11.9. The molecule has 1 amide bonds. The number of nitrogens with zero attached hydrogens (tertiary/aromatic N) is 1. The number of ether oxygens (including phenoxy) is 2. The molecule has 0 bridgehead atoms.